The first kappa shape index (κ1) is 22.1. The monoisotopic (exact) mass is 454 g/mol. The molecule has 3 N–H and O–H groups in total. The number of nitrogens with zero attached hydrogens (tertiary/aromatic N) is 4. The summed E-state index contributed by atoms with van der Waals surface area (Å²) in [6.07, 6.45) is 9.79. The number of para-hydroxylation sites is 1. The topological polar surface area (TPSA) is 89.1 Å². The number of rotatable bonds is 8. The van der Waals surface area contributed by atoms with Crippen LogP contribution in [0.1, 0.15) is 41.6 Å². The first-order valence-electron chi connectivity index (χ1n) is 12.0. The molecule has 4 aromatic rings. The zero-order chi connectivity index (χ0) is 23.3. The van der Waals surface area contributed by atoms with Gasteiger partial charge in [0.05, 0.1) is 11.1 Å². The molecule has 0 bridgehead atoms. The fourth-order valence-corrected chi connectivity index (χ4v) is 4.68. The van der Waals surface area contributed by atoms with Gasteiger partial charge in [-0.1, -0.05) is 36.8 Å². The molecule has 0 saturated carbocycles. The van der Waals surface area contributed by atoms with Crippen LogP contribution < -0.4 is 11.1 Å². The lowest BCUT2D eigenvalue weighted by Crippen LogP contribution is -2.30. The molecular weight excluding hydrogens is 424 g/mol. The Morgan fingerprint density at radius 2 is 1.79 bits per heavy atom. The molecule has 2 aromatic heterocycles. The number of nitrogens with two attached hydrogens (primary N) is 1. The van der Waals surface area contributed by atoms with Gasteiger partial charge in [-0.15, -0.1) is 0 Å². The zero-order valence-corrected chi connectivity index (χ0v) is 19.3. The summed E-state index contributed by atoms with van der Waals surface area (Å²) in [5, 5.41) is 4.10. The van der Waals surface area contributed by atoms with Gasteiger partial charge in [0, 0.05) is 23.5 Å². The molecular formula is C27H30N6O. The van der Waals surface area contributed by atoms with Gasteiger partial charge < -0.3 is 20.5 Å². The summed E-state index contributed by atoms with van der Waals surface area (Å²) in [6, 6.07) is 17.9. The number of benzene rings is 2. The predicted octanol–water partition coefficient (Wildman–Crippen LogP) is 4.68. The summed E-state index contributed by atoms with van der Waals surface area (Å²) >= 11 is 0. The van der Waals surface area contributed by atoms with E-state index in [9.17, 15) is 4.79 Å². The van der Waals surface area contributed by atoms with Crippen molar-refractivity contribution in [2.24, 2.45) is 5.73 Å². The molecule has 3 heterocycles. The number of likely N-dealkylation sites (tertiary alicyclic amines) is 1. The van der Waals surface area contributed by atoms with Crippen LogP contribution in [-0.4, -0.2) is 45.0 Å². The van der Waals surface area contributed by atoms with Gasteiger partial charge in [-0.05, 0) is 75.1 Å². The van der Waals surface area contributed by atoms with E-state index in [4.69, 9.17) is 5.73 Å². The van der Waals surface area contributed by atoms with E-state index in [1.54, 1.807) is 12.4 Å². The number of primary amides is 1. The minimum Gasteiger partial charge on any atom is -0.366 e. The molecule has 7 heteroatoms. The lowest BCUT2D eigenvalue weighted by molar-refractivity contribution is 0.100. The Bertz CT molecular complexity index is 1270. The number of nitrogens with one attached hydrogen (secondary N) is 1. The third-order valence-electron chi connectivity index (χ3n) is 6.46. The smallest absolute Gasteiger partial charge is 0.250 e. The Hall–Kier alpha value is -3.71. The van der Waals surface area contributed by atoms with Crippen molar-refractivity contribution in [1.82, 2.24) is 19.4 Å². The van der Waals surface area contributed by atoms with E-state index >= 15 is 0 Å². The maximum atomic E-state index is 11.9. The number of amides is 1. The summed E-state index contributed by atoms with van der Waals surface area (Å²) in [6.45, 7) is 3.70. The predicted molar refractivity (Wildman–Crippen MR) is 136 cm³/mol. The lowest BCUT2D eigenvalue weighted by atomic mass is 10.1. The molecule has 1 fully saturated rings. The van der Waals surface area contributed by atoms with Gasteiger partial charge >= 0.3 is 0 Å². The second kappa shape index (κ2) is 10.1. The van der Waals surface area contributed by atoms with Crippen molar-refractivity contribution in [1.29, 1.82) is 0 Å². The third kappa shape index (κ3) is 4.94. The molecule has 1 aliphatic heterocycles. The highest BCUT2D eigenvalue weighted by Crippen LogP contribution is 2.24. The van der Waals surface area contributed by atoms with Crippen molar-refractivity contribution in [2.45, 2.75) is 32.1 Å². The van der Waals surface area contributed by atoms with Crippen LogP contribution in [0.4, 0.5) is 11.6 Å². The Morgan fingerprint density at radius 3 is 2.59 bits per heavy atom. The van der Waals surface area contributed by atoms with Crippen molar-refractivity contribution < 1.29 is 4.79 Å². The summed E-state index contributed by atoms with van der Waals surface area (Å²) in [4.78, 5) is 23.5. The summed E-state index contributed by atoms with van der Waals surface area (Å²) < 4.78 is 1.87. The van der Waals surface area contributed by atoms with E-state index in [-0.39, 0.29) is 0 Å². The number of aryl methyl sites for hydroxylation is 1. The van der Waals surface area contributed by atoms with Crippen molar-refractivity contribution >= 4 is 28.4 Å². The van der Waals surface area contributed by atoms with E-state index in [0.29, 0.717) is 17.3 Å². The van der Waals surface area contributed by atoms with Gasteiger partial charge in [-0.2, -0.15) is 4.98 Å². The normalized spacial score (nSPS) is 14.4. The average molecular weight is 455 g/mol. The van der Waals surface area contributed by atoms with Crippen LogP contribution in [0.3, 0.4) is 0 Å². The second-order valence-electron chi connectivity index (χ2n) is 8.86. The fraction of sp³-hybridized carbons (Fsp3) is 0.296. The molecule has 34 heavy (non-hydrogen) atoms. The number of carbonyl (C=O) groups is 1. The van der Waals surface area contributed by atoms with Crippen LogP contribution in [0.25, 0.3) is 16.7 Å². The van der Waals surface area contributed by atoms with Crippen LogP contribution in [0, 0.1) is 0 Å². The van der Waals surface area contributed by atoms with E-state index in [0.717, 1.165) is 23.0 Å². The standard InChI is InChI=1S/C27H30N6O/c28-26(34)23-19-33(24-9-3-2-8-22(23)24)25-14-15-29-27(31-25)30-21-12-10-20(11-13-21)7-6-18-32-16-4-1-5-17-32/h2-3,8-15,19H,1,4-7,16-18H2,(H2,28,34)(H,29,30,31). The maximum absolute atomic E-state index is 11.9. The van der Waals surface area contributed by atoms with E-state index < -0.39 is 5.91 Å². The molecule has 1 aliphatic rings. The van der Waals surface area contributed by atoms with Gasteiger partial charge in [-0.25, -0.2) is 4.98 Å². The number of fused-ring (bicyclic) bond motifs is 1. The molecule has 0 unspecified atom stereocenters. The quantitative estimate of drug-likeness (QED) is 0.403. The molecule has 5 rings (SSSR count). The van der Waals surface area contributed by atoms with Gasteiger partial charge in [0.1, 0.15) is 5.82 Å². The Morgan fingerprint density at radius 1 is 1.00 bits per heavy atom. The van der Waals surface area contributed by atoms with Crippen molar-refractivity contribution in [2.75, 3.05) is 25.0 Å². The van der Waals surface area contributed by atoms with E-state index in [1.807, 2.05) is 34.9 Å². The fourth-order valence-electron chi connectivity index (χ4n) is 4.68. The second-order valence-corrected chi connectivity index (χ2v) is 8.86. The number of anilines is 2. The minimum atomic E-state index is -0.460. The van der Waals surface area contributed by atoms with Crippen molar-refractivity contribution in [3.8, 4) is 5.82 Å². The Labute approximate surface area is 199 Å². The van der Waals surface area contributed by atoms with E-state index in [2.05, 4.69) is 44.5 Å². The highest BCUT2D eigenvalue weighted by Gasteiger charge is 2.14. The molecule has 0 aliphatic carbocycles. The molecule has 0 radical (unpaired) electrons. The molecule has 2 aromatic carbocycles. The van der Waals surface area contributed by atoms with E-state index in [1.165, 1.54) is 50.9 Å². The Balaban J connectivity index is 1.26. The Kier molecular flexibility index (Phi) is 6.53. The maximum Gasteiger partial charge on any atom is 0.250 e. The van der Waals surface area contributed by atoms with Gasteiger partial charge in [0.25, 0.3) is 5.91 Å². The molecule has 7 nitrogen and oxygen atoms in total. The van der Waals surface area contributed by atoms with Gasteiger partial charge in [0.2, 0.25) is 5.95 Å². The summed E-state index contributed by atoms with van der Waals surface area (Å²) in [5.74, 6) is 0.697. The molecule has 0 atom stereocenters. The van der Waals surface area contributed by atoms with Crippen molar-refractivity contribution in [3.05, 3.63) is 78.1 Å². The van der Waals surface area contributed by atoms with Crippen LogP contribution in [0.2, 0.25) is 0 Å². The number of carbonyl (C=O) groups excluding carboxylic acids is 1. The largest absolute Gasteiger partial charge is 0.366 e. The molecule has 174 valence electrons. The first-order valence-corrected chi connectivity index (χ1v) is 12.0. The van der Waals surface area contributed by atoms with Crippen LogP contribution in [-0.2, 0) is 6.42 Å². The van der Waals surface area contributed by atoms with Gasteiger partial charge in [0.15, 0.2) is 0 Å². The SMILES string of the molecule is NC(=O)c1cn(-c2ccnc(Nc3ccc(CCCN4CCCCC4)cc3)n2)c2ccccc12. The zero-order valence-electron chi connectivity index (χ0n) is 19.3. The van der Waals surface area contributed by atoms with Crippen LogP contribution in [0.5, 0.6) is 0 Å². The number of aromatic nitrogens is 3. The highest BCUT2D eigenvalue weighted by molar-refractivity contribution is 6.06. The van der Waals surface area contributed by atoms with Crippen molar-refractivity contribution in [3.63, 3.8) is 0 Å². The highest BCUT2D eigenvalue weighted by atomic mass is 16.1. The summed E-state index contributed by atoms with van der Waals surface area (Å²) in [7, 11) is 0. The number of piperidine rings is 1. The van der Waals surface area contributed by atoms with Crippen LogP contribution in [0.15, 0.2) is 67.0 Å². The lowest BCUT2D eigenvalue weighted by Gasteiger charge is -2.26. The third-order valence-corrected chi connectivity index (χ3v) is 6.46. The van der Waals surface area contributed by atoms with Crippen LogP contribution >= 0.6 is 0 Å². The molecule has 0 spiro atoms. The summed E-state index contributed by atoms with van der Waals surface area (Å²) in [5.41, 5.74) is 9.21. The number of hydrogen-bond acceptors (Lipinski definition) is 5. The molecule has 1 amide bonds. The minimum absolute atomic E-state index is 0.460. The number of hydrogen-bond donors (Lipinski definition) is 2. The van der Waals surface area contributed by atoms with Gasteiger partial charge in [-0.3, -0.25) is 4.79 Å². The molecule has 1 saturated heterocycles. The average Bonchev–Trinajstić information content (AvgIpc) is 3.26. The first-order chi connectivity index (χ1) is 16.7.